The third-order valence-corrected chi connectivity index (χ3v) is 10.5. The summed E-state index contributed by atoms with van der Waals surface area (Å²) in [5.41, 5.74) is 1.89. The van der Waals surface area contributed by atoms with Crippen LogP contribution in [0.15, 0.2) is 29.1 Å². The van der Waals surface area contributed by atoms with E-state index in [1.165, 1.54) is 62.7 Å². The molecule has 1 aromatic heterocycles. The number of amides is 1. The summed E-state index contributed by atoms with van der Waals surface area (Å²) in [4.78, 5) is 37.1. The number of para-hydroxylation sites is 2. The topological polar surface area (TPSA) is 81.9 Å². The number of fused-ring (bicyclic) bond motifs is 4. The third-order valence-electron chi connectivity index (χ3n) is 10.5. The molecule has 4 saturated heterocycles. The fourth-order valence-electron chi connectivity index (χ4n) is 8.76. The van der Waals surface area contributed by atoms with Crippen molar-refractivity contribution < 1.29 is 9.90 Å². The fourth-order valence-corrected chi connectivity index (χ4v) is 8.76. The van der Waals surface area contributed by atoms with Crippen LogP contribution in [0.5, 0.6) is 0 Å². The molecule has 8 heteroatoms. The van der Waals surface area contributed by atoms with E-state index in [0.717, 1.165) is 29.9 Å². The van der Waals surface area contributed by atoms with Crippen molar-refractivity contribution in [2.24, 2.45) is 11.8 Å². The number of piperidine rings is 1. The fraction of sp³-hybridized carbons (Fsp3) is 0.700. The molecular weight excluding hydrogens is 478 g/mol. The van der Waals surface area contributed by atoms with Gasteiger partial charge < -0.3 is 19.5 Å². The molecule has 0 spiro atoms. The lowest BCUT2D eigenvalue weighted by Crippen LogP contribution is -2.50. The number of rotatable bonds is 3. The molecule has 38 heavy (non-hydrogen) atoms. The molecule has 204 valence electrons. The minimum atomic E-state index is -0.836. The van der Waals surface area contributed by atoms with Gasteiger partial charge >= 0.3 is 6.09 Å². The van der Waals surface area contributed by atoms with E-state index in [1.54, 1.807) is 0 Å². The van der Waals surface area contributed by atoms with Gasteiger partial charge in [-0.1, -0.05) is 44.2 Å². The minimum absolute atomic E-state index is 0.0440. The second-order valence-electron chi connectivity index (χ2n) is 12.7. The molecular formula is C30H41N5O3. The Morgan fingerprint density at radius 1 is 0.789 bits per heavy atom. The highest BCUT2D eigenvalue weighted by molar-refractivity contribution is 5.76. The van der Waals surface area contributed by atoms with Gasteiger partial charge in [0.15, 0.2) is 5.82 Å². The number of nitrogens with zero attached hydrogens (tertiary/aromatic N) is 5. The van der Waals surface area contributed by atoms with E-state index in [1.807, 2.05) is 18.2 Å². The van der Waals surface area contributed by atoms with E-state index in [2.05, 4.69) is 20.4 Å². The smallest absolute Gasteiger partial charge is 0.407 e. The lowest BCUT2D eigenvalue weighted by atomic mass is 9.89. The number of aromatic nitrogens is 2. The van der Waals surface area contributed by atoms with E-state index in [9.17, 15) is 14.7 Å². The lowest BCUT2D eigenvalue weighted by molar-refractivity contribution is 0.0498. The van der Waals surface area contributed by atoms with Gasteiger partial charge in [-0.2, -0.15) is 0 Å². The second kappa shape index (κ2) is 9.85. The molecule has 1 amide bonds. The molecule has 5 atom stereocenters. The Balaban J connectivity index is 1.17. The summed E-state index contributed by atoms with van der Waals surface area (Å²) in [7, 11) is 0. The molecule has 1 aliphatic carbocycles. The molecule has 2 aromatic rings. The predicted molar refractivity (Wildman–Crippen MR) is 148 cm³/mol. The molecule has 2 bridgehead atoms. The Hall–Kier alpha value is -2.61. The van der Waals surface area contributed by atoms with Crippen LogP contribution in [0.3, 0.4) is 0 Å². The van der Waals surface area contributed by atoms with Crippen molar-refractivity contribution in [2.45, 2.75) is 94.8 Å². The van der Waals surface area contributed by atoms with Crippen LogP contribution in [0, 0.1) is 11.8 Å². The van der Waals surface area contributed by atoms with Gasteiger partial charge in [-0.3, -0.25) is 9.69 Å². The minimum Gasteiger partial charge on any atom is -0.465 e. The van der Waals surface area contributed by atoms with Crippen LogP contribution in [-0.2, 0) is 0 Å². The summed E-state index contributed by atoms with van der Waals surface area (Å²) in [6.07, 6.45) is 13.4. The van der Waals surface area contributed by atoms with E-state index in [-0.39, 0.29) is 23.4 Å². The number of hydrogen-bond donors (Lipinski definition) is 1. The van der Waals surface area contributed by atoms with Crippen molar-refractivity contribution in [3.8, 4) is 0 Å². The molecule has 8 nitrogen and oxygen atoms in total. The van der Waals surface area contributed by atoms with Crippen LogP contribution in [0.1, 0.15) is 76.7 Å². The number of carbonyl (C=O) groups is 1. The van der Waals surface area contributed by atoms with Gasteiger partial charge in [-0.25, -0.2) is 9.78 Å². The van der Waals surface area contributed by atoms with Crippen molar-refractivity contribution in [2.75, 3.05) is 31.1 Å². The maximum absolute atomic E-state index is 14.2. The average Bonchev–Trinajstić information content (AvgIpc) is 3.54. The molecule has 7 rings (SSSR count). The summed E-state index contributed by atoms with van der Waals surface area (Å²) in [5.74, 6) is 1.11. The van der Waals surface area contributed by atoms with Gasteiger partial charge in [0.2, 0.25) is 0 Å². The number of hydrogen-bond acceptors (Lipinski definition) is 5. The third kappa shape index (κ3) is 4.19. The first kappa shape index (κ1) is 24.4. The SMILES string of the molecule is O=C(O)N1CC2CN(c3nc4ccccc4n([C@H]4C[C@H]5CC[C@@H](C4)N5C4CCCCCCC4)c3=O)CC2C1. The highest BCUT2D eigenvalue weighted by atomic mass is 16.4. The zero-order valence-corrected chi connectivity index (χ0v) is 22.4. The van der Waals surface area contributed by atoms with Crippen LogP contribution < -0.4 is 10.5 Å². The molecule has 5 fully saturated rings. The first-order valence-electron chi connectivity index (χ1n) is 15.1. The molecule has 1 aromatic carbocycles. The van der Waals surface area contributed by atoms with Gasteiger partial charge in [-0.05, 0) is 50.7 Å². The van der Waals surface area contributed by atoms with Crippen LogP contribution in [0.4, 0.5) is 10.6 Å². The number of benzene rings is 1. The number of likely N-dealkylation sites (tertiary alicyclic amines) is 1. The van der Waals surface area contributed by atoms with Crippen molar-refractivity contribution >= 4 is 22.9 Å². The van der Waals surface area contributed by atoms with Gasteiger partial charge in [0, 0.05) is 62.2 Å². The lowest BCUT2D eigenvalue weighted by Gasteiger charge is -2.45. The maximum Gasteiger partial charge on any atom is 0.407 e. The van der Waals surface area contributed by atoms with Crippen molar-refractivity contribution in [1.29, 1.82) is 0 Å². The summed E-state index contributed by atoms with van der Waals surface area (Å²) in [6.45, 7) is 2.53. The van der Waals surface area contributed by atoms with Gasteiger partial charge in [0.05, 0.1) is 11.0 Å². The Morgan fingerprint density at radius 3 is 2.08 bits per heavy atom. The first-order chi connectivity index (χ1) is 18.6. The van der Waals surface area contributed by atoms with E-state index >= 15 is 0 Å². The molecule has 1 N–H and O–H groups in total. The van der Waals surface area contributed by atoms with E-state index in [4.69, 9.17) is 4.98 Å². The quantitative estimate of drug-likeness (QED) is 0.632. The summed E-state index contributed by atoms with van der Waals surface area (Å²) in [5, 5.41) is 9.41. The van der Waals surface area contributed by atoms with Crippen molar-refractivity contribution in [1.82, 2.24) is 19.4 Å². The predicted octanol–water partition coefficient (Wildman–Crippen LogP) is 4.72. The highest BCUT2D eigenvalue weighted by Crippen LogP contribution is 2.44. The van der Waals surface area contributed by atoms with E-state index < -0.39 is 6.09 Å². The summed E-state index contributed by atoms with van der Waals surface area (Å²) < 4.78 is 2.11. The van der Waals surface area contributed by atoms with Crippen molar-refractivity contribution in [3.63, 3.8) is 0 Å². The van der Waals surface area contributed by atoms with Crippen LogP contribution in [-0.4, -0.2) is 74.9 Å². The van der Waals surface area contributed by atoms with Gasteiger partial charge in [0.1, 0.15) is 0 Å². The number of carboxylic acid groups (broad SMARTS) is 1. The summed E-state index contributed by atoms with van der Waals surface area (Å²) >= 11 is 0. The molecule has 1 saturated carbocycles. The second-order valence-corrected chi connectivity index (χ2v) is 12.7. The zero-order chi connectivity index (χ0) is 25.8. The van der Waals surface area contributed by atoms with Crippen LogP contribution in [0.2, 0.25) is 0 Å². The Labute approximate surface area is 224 Å². The molecule has 4 aliphatic heterocycles. The van der Waals surface area contributed by atoms with Gasteiger partial charge in [0.25, 0.3) is 5.56 Å². The first-order valence-corrected chi connectivity index (χ1v) is 15.1. The largest absolute Gasteiger partial charge is 0.465 e. The standard InChI is InChI=1S/C30H41N5O3/c36-29-28(32-16-20-18-33(30(37)38)19-21(20)17-32)31-26-10-6-7-11-27(26)35(29)25-14-23-12-13-24(15-25)34(23)22-8-4-2-1-3-5-9-22/h6-7,10-11,20-25H,1-5,8-9,12-19H2,(H,37,38)/t20?,21?,23-,24+,25+. The normalized spacial score (nSPS) is 32.5. The van der Waals surface area contributed by atoms with E-state index in [0.29, 0.717) is 44.1 Å². The zero-order valence-electron chi connectivity index (χ0n) is 22.4. The van der Waals surface area contributed by atoms with Crippen molar-refractivity contribution in [3.05, 3.63) is 34.6 Å². The molecule has 5 heterocycles. The molecule has 0 radical (unpaired) electrons. The Morgan fingerprint density at radius 2 is 1.42 bits per heavy atom. The highest BCUT2D eigenvalue weighted by Gasteiger charge is 2.46. The Bertz CT molecular complexity index is 1230. The Kier molecular flexibility index (Phi) is 6.33. The van der Waals surface area contributed by atoms with Gasteiger partial charge in [-0.15, -0.1) is 0 Å². The number of anilines is 1. The van der Waals surface area contributed by atoms with Crippen LogP contribution in [0.25, 0.3) is 11.0 Å². The molecule has 2 unspecified atom stereocenters. The monoisotopic (exact) mass is 519 g/mol. The van der Waals surface area contributed by atoms with Crippen LogP contribution >= 0.6 is 0 Å². The average molecular weight is 520 g/mol. The summed E-state index contributed by atoms with van der Waals surface area (Å²) in [6, 6.07) is 10.2. The molecule has 5 aliphatic rings. The maximum atomic E-state index is 14.2.